The molecule has 0 aliphatic carbocycles. The molecular formula is C10H14N4O3S. The van der Waals surface area contributed by atoms with Gasteiger partial charge >= 0.3 is 5.97 Å². The first-order valence-electron chi connectivity index (χ1n) is 4.89. The summed E-state index contributed by atoms with van der Waals surface area (Å²) < 4.78 is 4.63. The fourth-order valence-corrected chi connectivity index (χ4v) is 1.91. The van der Waals surface area contributed by atoms with Gasteiger partial charge in [0, 0.05) is 14.1 Å². The highest BCUT2D eigenvalue weighted by molar-refractivity contribution is 7.19. The van der Waals surface area contributed by atoms with Crippen LogP contribution in [0.2, 0.25) is 0 Å². The predicted molar refractivity (Wildman–Crippen MR) is 71.2 cm³/mol. The monoisotopic (exact) mass is 270 g/mol. The SMILES string of the molecule is C=Nc1sc(N(C)C)nc1C(=NOC)C(=O)OC. The van der Waals surface area contributed by atoms with Crippen molar-refractivity contribution in [1.82, 2.24) is 4.98 Å². The Morgan fingerprint density at radius 3 is 2.56 bits per heavy atom. The Morgan fingerprint density at radius 2 is 2.11 bits per heavy atom. The van der Waals surface area contributed by atoms with Gasteiger partial charge in [-0.1, -0.05) is 16.5 Å². The summed E-state index contributed by atoms with van der Waals surface area (Å²) >= 11 is 1.29. The van der Waals surface area contributed by atoms with Crippen LogP contribution in [0.15, 0.2) is 10.1 Å². The molecule has 0 atom stereocenters. The number of nitrogens with zero attached hydrogens (tertiary/aromatic N) is 4. The minimum atomic E-state index is -0.641. The molecule has 1 rings (SSSR count). The molecule has 98 valence electrons. The molecule has 7 nitrogen and oxygen atoms in total. The molecule has 0 N–H and O–H groups in total. The highest BCUT2D eigenvalue weighted by Gasteiger charge is 2.24. The highest BCUT2D eigenvalue weighted by Crippen LogP contribution is 2.32. The van der Waals surface area contributed by atoms with Crippen molar-refractivity contribution in [2.24, 2.45) is 10.1 Å². The van der Waals surface area contributed by atoms with E-state index in [1.807, 2.05) is 14.1 Å². The van der Waals surface area contributed by atoms with E-state index in [-0.39, 0.29) is 5.71 Å². The molecule has 1 heterocycles. The van der Waals surface area contributed by atoms with Crippen LogP contribution in [0.25, 0.3) is 0 Å². The van der Waals surface area contributed by atoms with Crippen molar-refractivity contribution in [3.05, 3.63) is 5.69 Å². The van der Waals surface area contributed by atoms with Crippen LogP contribution >= 0.6 is 11.3 Å². The molecule has 0 spiro atoms. The summed E-state index contributed by atoms with van der Waals surface area (Å²) in [5.41, 5.74) is 0.263. The average Bonchev–Trinajstić information content (AvgIpc) is 2.79. The Balaban J connectivity index is 3.31. The Labute approximate surface area is 109 Å². The van der Waals surface area contributed by atoms with Gasteiger partial charge in [-0.2, -0.15) is 0 Å². The Kier molecular flexibility index (Phi) is 4.78. The Morgan fingerprint density at radius 1 is 1.44 bits per heavy atom. The van der Waals surface area contributed by atoms with Gasteiger partial charge in [0.25, 0.3) is 0 Å². The van der Waals surface area contributed by atoms with Crippen molar-refractivity contribution in [3.8, 4) is 0 Å². The van der Waals surface area contributed by atoms with Crippen LogP contribution < -0.4 is 4.90 Å². The first-order chi connectivity index (χ1) is 8.54. The fourth-order valence-electron chi connectivity index (χ4n) is 1.12. The van der Waals surface area contributed by atoms with Gasteiger partial charge in [-0.15, -0.1) is 0 Å². The second-order valence-electron chi connectivity index (χ2n) is 3.32. The number of anilines is 1. The van der Waals surface area contributed by atoms with E-state index in [4.69, 9.17) is 0 Å². The first-order valence-corrected chi connectivity index (χ1v) is 5.71. The van der Waals surface area contributed by atoms with E-state index in [2.05, 4.69) is 31.4 Å². The summed E-state index contributed by atoms with van der Waals surface area (Å²) in [6.45, 7) is 3.45. The number of thiazole rings is 1. The van der Waals surface area contributed by atoms with Crippen LogP contribution in [-0.2, 0) is 14.4 Å². The zero-order chi connectivity index (χ0) is 13.7. The molecule has 0 radical (unpaired) electrons. The standard InChI is InChI=1S/C10H14N4O3S/c1-11-8-6(12-10(18-8)14(2)3)7(13-17-5)9(15)16-4/h1H2,2-5H3. The van der Waals surface area contributed by atoms with Gasteiger partial charge in [-0.3, -0.25) is 4.99 Å². The molecule has 0 saturated heterocycles. The van der Waals surface area contributed by atoms with Gasteiger partial charge in [-0.05, 0) is 6.72 Å². The van der Waals surface area contributed by atoms with Crippen molar-refractivity contribution < 1.29 is 14.4 Å². The number of aromatic nitrogens is 1. The van der Waals surface area contributed by atoms with Crippen molar-refractivity contribution in [3.63, 3.8) is 0 Å². The Hall–Kier alpha value is -1.96. The van der Waals surface area contributed by atoms with Gasteiger partial charge in [0.15, 0.2) is 5.13 Å². The summed E-state index contributed by atoms with van der Waals surface area (Å²) in [4.78, 5) is 26.1. The lowest BCUT2D eigenvalue weighted by atomic mass is 10.3. The topological polar surface area (TPSA) is 76.4 Å². The molecule has 0 unspecified atom stereocenters. The molecule has 0 amide bonds. The minimum Gasteiger partial charge on any atom is -0.464 e. The largest absolute Gasteiger partial charge is 0.464 e. The summed E-state index contributed by atoms with van der Waals surface area (Å²) in [6.07, 6.45) is 0. The normalized spacial score (nSPS) is 11.0. The quantitative estimate of drug-likeness (QED) is 0.454. The zero-order valence-corrected chi connectivity index (χ0v) is 11.4. The molecule has 8 heteroatoms. The van der Waals surface area contributed by atoms with E-state index in [1.54, 1.807) is 4.90 Å². The smallest absolute Gasteiger partial charge is 0.362 e. The number of methoxy groups -OCH3 is 1. The van der Waals surface area contributed by atoms with E-state index >= 15 is 0 Å². The molecule has 0 aliphatic rings. The van der Waals surface area contributed by atoms with Crippen LogP contribution in [0.5, 0.6) is 0 Å². The second kappa shape index (κ2) is 6.10. The van der Waals surface area contributed by atoms with Crippen molar-refractivity contribution in [2.45, 2.75) is 0 Å². The molecule has 0 aromatic carbocycles. The number of hydrogen-bond acceptors (Lipinski definition) is 8. The molecule has 0 saturated carbocycles. The van der Waals surface area contributed by atoms with Gasteiger partial charge in [0.05, 0.1) is 7.11 Å². The van der Waals surface area contributed by atoms with E-state index in [1.165, 1.54) is 25.6 Å². The van der Waals surface area contributed by atoms with Crippen molar-refractivity contribution in [2.75, 3.05) is 33.2 Å². The first kappa shape index (κ1) is 14.1. The van der Waals surface area contributed by atoms with Gasteiger partial charge in [0.2, 0.25) is 5.71 Å². The predicted octanol–water partition coefficient (Wildman–Crippen LogP) is 1.06. The highest BCUT2D eigenvalue weighted by atomic mass is 32.1. The van der Waals surface area contributed by atoms with Gasteiger partial charge < -0.3 is 14.5 Å². The zero-order valence-electron chi connectivity index (χ0n) is 10.6. The van der Waals surface area contributed by atoms with Gasteiger partial charge in [-0.25, -0.2) is 9.78 Å². The third-order valence-electron chi connectivity index (χ3n) is 1.91. The number of rotatable bonds is 5. The fraction of sp³-hybridized carbons (Fsp3) is 0.400. The second-order valence-corrected chi connectivity index (χ2v) is 4.27. The summed E-state index contributed by atoms with van der Waals surface area (Å²) in [6, 6.07) is 0. The van der Waals surface area contributed by atoms with E-state index < -0.39 is 5.97 Å². The lowest BCUT2D eigenvalue weighted by Crippen LogP contribution is -2.18. The maximum absolute atomic E-state index is 11.6. The number of oxime groups is 1. The van der Waals surface area contributed by atoms with Gasteiger partial charge in [0.1, 0.15) is 17.8 Å². The number of carbonyl (C=O) groups excluding carboxylic acids is 1. The van der Waals surface area contributed by atoms with Crippen LogP contribution in [0.4, 0.5) is 10.1 Å². The maximum atomic E-state index is 11.6. The maximum Gasteiger partial charge on any atom is 0.362 e. The minimum absolute atomic E-state index is 0.0354. The van der Waals surface area contributed by atoms with Crippen LogP contribution in [0, 0.1) is 0 Å². The number of hydrogen-bond donors (Lipinski definition) is 0. The van der Waals surface area contributed by atoms with Crippen LogP contribution in [0.3, 0.4) is 0 Å². The lowest BCUT2D eigenvalue weighted by molar-refractivity contribution is -0.132. The number of carbonyl (C=O) groups is 1. The van der Waals surface area contributed by atoms with E-state index in [0.29, 0.717) is 15.8 Å². The molecular weight excluding hydrogens is 256 g/mol. The lowest BCUT2D eigenvalue weighted by Gasteiger charge is -2.05. The molecule has 0 fully saturated rings. The number of aliphatic imine (C=N–C) groups is 1. The summed E-state index contributed by atoms with van der Waals surface area (Å²) in [7, 11) is 6.26. The van der Waals surface area contributed by atoms with Crippen molar-refractivity contribution in [1.29, 1.82) is 0 Å². The third-order valence-corrected chi connectivity index (χ3v) is 3.06. The molecule has 18 heavy (non-hydrogen) atoms. The van der Waals surface area contributed by atoms with E-state index in [9.17, 15) is 4.79 Å². The Bertz CT molecular complexity index is 481. The molecule has 0 aliphatic heterocycles. The average molecular weight is 270 g/mol. The van der Waals surface area contributed by atoms with Crippen LogP contribution in [0.1, 0.15) is 5.69 Å². The number of ether oxygens (including phenoxy) is 1. The van der Waals surface area contributed by atoms with Crippen LogP contribution in [-0.4, -0.2) is 51.7 Å². The summed E-state index contributed by atoms with van der Waals surface area (Å²) in [5, 5.41) is 4.79. The molecule has 1 aromatic heterocycles. The summed E-state index contributed by atoms with van der Waals surface area (Å²) in [5.74, 6) is -0.641. The van der Waals surface area contributed by atoms with Crippen molar-refractivity contribution >= 4 is 39.9 Å². The molecule has 0 bridgehead atoms. The molecule has 1 aromatic rings. The number of esters is 1. The van der Waals surface area contributed by atoms with E-state index in [0.717, 1.165) is 0 Å². The third kappa shape index (κ3) is 2.83.